The Balaban J connectivity index is 2.46. The predicted molar refractivity (Wildman–Crippen MR) is 81.4 cm³/mol. The smallest absolute Gasteiger partial charge is 0.143 e. The lowest BCUT2D eigenvalue weighted by Gasteiger charge is -2.12. The van der Waals surface area contributed by atoms with Crippen molar-refractivity contribution in [3.8, 4) is 5.82 Å². The second-order valence-corrected chi connectivity index (χ2v) is 5.12. The molecule has 0 amide bonds. The molecule has 0 atom stereocenters. The van der Waals surface area contributed by atoms with Crippen molar-refractivity contribution in [2.24, 2.45) is 0 Å². The summed E-state index contributed by atoms with van der Waals surface area (Å²) in [6.45, 7) is 9.28. The molecule has 0 aliphatic heterocycles. The van der Waals surface area contributed by atoms with Crippen molar-refractivity contribution in [3.05, 3.63) is 30.1 Å². The zero-order valence-corrected chi connectivity index (χ0v) is 12.7. The summed E-state index contributed by atoms with van der Waals surface area (Å²) in [7, 11) is 0. The normalized spacial score (nSPS) is 11.1. The Morgan fingerprint density at radius 3 is 2.70 bits per heavy atom. The number of hydrogen-bond donors (Lipinski definition) is 1. The minimum absolute atomic E-state index is 0.297. The molecule has 0 spiro atoms. The highest BCUT2D eigenvalue weighted by molar-refractivity contribution is 5.42. The van der Waals surface area contributed by atoms with Crippen LogP contribution < -0.4 is 5.32 Å². The fraction of sp³-hybridized carbons (Fsp3) is 0.533. The quantitative estimate of drug-likeness (QED) is 0.878. The SMILES string of the molecule is CCCc1nccn1-c1cc(NCC)nc(C(C)C)n1. The van der Waals surface area contributed by atoms with Crippen LogP contribution in [0.5, 0.6) is 0 Å². The Labute approximate surface area is 120 Å². The Morgan fingerprint density at radius 2 is 2.05 bits per heavy atom. The van der Waals surface area contributed by atoms with Crippen molar-refractivity contribution in [1.82, 2.24) is 19.5 Å². The average Bonchev–Trinajstić information content (AvgIpc) is 2.87. The molecule has 0 aliphatic carbocycles. The van der Waals surface area contributed by atoms with Crippen molar-refractivity contribution in [1.29, 1.82) is 0 Å². The fourth-order valence-corrected chi connectivity index (χ4v) is 2.06. The summed E-state index contributed by atoms with van der Waals surface area (Å²) >= 11 is 0. The molecule has 0 saturated heterocycles. The van der Waals surface area contributed by atoms with E-state index in [1.165, 1.54) is 0 Å². The van der Waals surface area contributed by atoms with Gasteiger partial charge < -0.3 is 5.32 Å². The van der Waals surface area contributed by atoms with Crippen LogP contribution >= 0.6 is 0 Å². The molecule has 108 valence electrons. The largest absolute Gasteiger partial charge is 0.370 e. The zero-order chi connectivity index (χ0) is 14.5. The van der Waals surface area contributed by atoms with Crippen LogP contribution in [0.2, 0.25) is 0 Å². The van der Waals surface area contributed by atoms with Crippen molar-refractivity contribution >= 4 is 5.82 Å². The van der Waals surface area contributed by atoms with Gasteiger partial charge in [-0.1, -0.05) is 20.8 Å². The van der Waals surface area contributed by atoms with Crippen molar-refractivity contribution in [2.75, 3.05) is 11.9 Å². The van der Waals surface area contributed by atoms with E-state index < -0.39 is 0 Å². The highest BCUT2D eigenvalue weighted by Gasteiger charge is 2.11. The summed E-state index contributed by atoms with van der Waals surface area (Å²) in [6.07, 6.45) is 5.81. The molecule has 20 heavy (non-hydrogen) atoms. The van der Waals surface area contributed by atoms with Gasteiger partial charge in [-0.3, -0.25) is 4.57 Å². The van der Waals surface area contributed by atoms with E-state index in [2.05, 4.69) is 52.5 Å². The number of rotatable bonds is 6. The molecule has 2 aromatic heterocycles. The Hall–Kier alpha value is -1.91. The highest BCUT2D eigenvalue weighted by atomic mass is 15.2. The molecule has 5 heteroatoms. The lowest BCUT2D eigenvalue weighted by atomic mass is 10.2. The van der Waals surface area contributed by atoms with Gasteiger partial charge >= 0.3 is 0 Å². The van der Waals surface area contributed by atoms with E-state index in [4.69, 9.17) is 0 Å². The third-order valence-electron chi connectivity index (χ3n) is 3.04. The summed E-state index contributed by atoms with van der Waals surface area (Å²) in [5.41, 5.74) is 0. The molecule has 2 rings (SSSR count). The maximum atomic E-state index is 4.67. The summed E-state index contributed by atoms with van der Waals surface area (Å²) < 4.78 is 2.05. The van der Waals surface area contributed by atoms with Crippen LogP contribution in [0.4, 0.5) is 5.82 Å². The van der Waals surface area contributed by atoms with Gasteiger partial charge in [0.1, 0.15) is 23.3 Å². The van der Waals surface area contributed by atoms with Crippen LogP contribution in [-0.2, 0) is 6.42 Å². The minimum atomic E-state index is 0.297. The predicted octanol–water partition coefficient (Wildman–Crippen LogP) is 3.17. The molecule has 0 saturated carbocycles. The van der Waals surface area contributed by atoms with Gasteiger partial charge in [-0.2, -0.15) is 0 Å². The molecular formula is C15H23N5. The zero-order valence-electron chi connectivity index (χ0n) is 12.7. The minimum Gasteiger partial charge on any atom is -0.370 e. The standard InChI is InChI=1S/C15H23N5/c1-5-7-13-17-8-9-20(13)14-10-12(16-6-2)18-15(19-14)11(3)4/h8-11H,5-7H2,1-4H3,(H,16,18,19). The number of imidazole rings is 1. The van der Waals surface area contributed by atoms with Gasteiger partial charge in [0.15, 0.2) is 0 Å². The van der Waals surface area contributed by atoms with E-state index >= 15 is 0 Å². The first-order valence-corrected chi connectivity index (χ1v) is 7.31. The number of aryl methyl sites for hydroxylation is 1. The number of aromatic nitrogens is 4. The van der Waals surface area contributed by atoms with Gasteiger partial charge in [-0.15, -0.1) is 0 Å². The third kappa shape index (κ3) is 3.15. The first-order valence-electron chi connectivity index (χ1n) is 7.31. The summed E-state index contributed by atoms with van der Waals surface area (Å²) in [4.78, 5) is 13.6. The van der Waals surface area contributed by atoms with Gasteiger partial charge in [0, 0.05) is 37.3 Å². The van der Waals surface area contributed by atoms with E-state index in [9.17, 15) is 0 Å². The first kappa shape index (κ1) is 14.5. The van der Waals surface area contributed by atoms with E-state index in [1.807, 2.05) is 18.5 Å². The van der Waals surface area contributed by atoms with Gasteiger partial charge in [-0.05, 0) is 13.3 Å². The molecule has 0 unspecified atom stereocenters. The third-order valence-corrected chi connectivity index (χ3v) is 3.04. The van der Waals surface area contributed by atoms with Crippen LogP contribution in [0.25, 0.3) is 5.82 Å². The number of nitrogens with zero attached hydrogens (tertiary/aromatic N) is 4. The average molecular weight is 273 g/mol. The van der Waals surface area contributed by atoms with Crippen molar-refractivity contribution in [2.45, 2.75) is 46.5 Å². The Morgan fingerprint density at radius 1 is 1.25 bits per heavy atom. The lowest BCUT2D eigenvalue weighted by Crippen LogP contribution is -2.10. The maximum Gasteiger partial charge on any atom is 0.143 e. The van der Waals surface area contributed by atoms with Crippen molar-refractivity contribution in [3.63, 3.8) is 0 Å². The molecule has 0 aromatic carbocycles. The second-order valence-electron chi connectivity index (χ2n) is 5.12. The first-order chi connectivity index (χ1) is 9.65. The fourth-order valence-electron chi connectivity index (χ4n) is 2.06. The topological polar surface area (TPSA) is 55.6 Å². The summed E-state index contributed by atoms with van der Waals surface area (Å²) in [5.74, 6) is 3.96. The number of nitrogens with one attached hydrogen (secondary N) is 1. The maximum absolute atomic E-state index is 4.67. The second kappa shape index (κ2) is 6.50. The molecule has 0 radical (unpaired) electrons. The van der Waals surface area contributed by atoms with E-state index in [0.717, 1.165) is 42.7 Å². The van der Waals surface area contributed by atoms with Gasteiger partial charge in [0.2, 0.25) is 0 Å². The van der Waals surface area contributed by atoms with Crippen LogP contribution in [0, 0.1) is 0 Å². The molecule has 2 aromatic rings. The summed E-state index contributed by atoms with van der Waals surface area (Å²) in [5, 5.41) is 3.27. The van der Waals surface area contributed by atoms with Crippen LogP contribution in [0.15, 0.2) is 18.5 Å². The van der Waals surface area contributed by atoms with E-state index in [-0.39, 0.29) is 0 Å². The van der Waals surface area contributed by atoms with Gasteiger partial charge in [0.05, 0.1) is 0 Å². The molecule has 2 heterocycles. The van der Waals surface area contributed by atoms with Crippen LogP contribution in [-0.4, -0.2) is 26.1 Å². The van der Waals surface area contributed by atoms with Crippen molar-refractivity contribution < 1.29 is 0 Å². The molecule has 1 N–H and O–H groups in total. The lowest BCUT2D eigenvalue weighted by molar-refractivity contribution is 0.746. The van der Waals surface area contributed by atoms with Crippen LogP contribution in [0.1, 0.15) is 51.7 Å². The van der Waals surface area contributed by atoms with E-state index in [1.54, 1.807) is 0 Å². The molecule has 0 aliphatic rings. The highest BCUT2D eigenvalue weighted by Crippen LogP contribution is 2.18. The molecule has 0 bridgehead atoms. The Kier molecular flexibility index (Phi) is 4.71. The summed E-state index contributed by atoms with van der Waals surface area (Å²) in [6, 6.07) is 1.98. The number of anilines is 1. The molecule has 5 nitrogen and oxygen atoms in total. The van der Waals surface area contributed by atoms with Gasteiger partial charge in [-0.25, -0.2) is 15.0 Å². The monoisotopic (exact) mass is 273 g/mol. The van der Waals surface area contributed by atoms with Crippen LogP contribution in [0.3, 0.4) is 0 Å². The number of hydrogen-bond acceptors (Lipinski definition) is 4. The van der Waals surface area contributed by atoms with Gasteiger partial charge in [0.25, 0.3) is 0 Å². The molecular weight excluding hydrogens is 250 g/mol. The van der Waals surface area contributed by atoms with E-state index in [0.29, 0.717) is 5.92 Å². The molecule has 0 fully saturated rings. The Bertz CT molecular complexity index is 559.